The Balaban J connectivity index is 1.85. The Morgan fingerprint density at radius 1 is 1.33 bits per heavy atom. The predicted molar refractivity (Wildman–Crippen MR) is 78.2 cm³/mol. The van der Waals surface area contributed by atoms with Gasteiger partial charge in [0, 0.05) is 34.1 Å². The Kier molecular flexibility index (Phi) is 3.52. The lowest BCUT2D eigenvalue weighted by Gasteiger charge is -2.55. The molecular formula is C15H17BrF3NO. The van der Waals surface area contributed by atoms with E-state index in [1.54, 1.807) is 0 Å². The molecule has 1 saturated heterocycles. The van der Waals surface area contributed by atoms with Crippen LogP contribution in [0, 0.1) is 11.3 Å². The molecule has 1 N–H and O–H groups in total. The third kappa shape index (κ3) is 2.46. The van der Waals surface area contributed by atoms with E-state index in [0.717, 1.165) is 19.1 Å². The van der Waals surface area contributed by atoms with E-state index in [9.17, 15) is 13.2 Å². The monoisotopic (exact) mass is 363 g/mol. The number of benzene rings is 1. The molecule has 1 aromatic carbocycles. The van der Waals surface area contributed by atoms with Crippen LogP contribution in [0.4, 0.5) is 18.9 Å². The van der Waals surface area contributed by atoms with Gasteiger partial charge in [0.15, 0.2) is 0 Å². The first kappa shape index (κ1) is 15.2. The minimum absolute atomic E-state index is 0.0746. The molecule has 2 fully saturated rings. The number of nitrogens with one attached hydrogen (secondary N) is 1. The van der Waals surface area contributed by atoms with Gasteiger partial charge in [0.05, 0.1) is 11.7 Å². The van der Waals surface area contributed by atoms with Crippen molar-refractivity contribution in [2.45, 2.75) is 38.6 Å². The van der Waals surface area contributed by atoms with Crippen LogP contribution in [-0.4, -0.2) is 18.8 Å². The van der Waals surface area contributed by atoms with E-state index in [1.165, 1.54) is 12.1 Å². The Morgan fingerprint density at radius 2 is 2.05 bits per heavy atom. The SMILES string of the molecule is CC1(C)C(Nc2cc(C(F)(F)F)ccc2Br)C2CCOC21. The number of anilines is 1. The smallest absolute Gasteiger partial charge is 0.380 e. The van der Waals surface area contributed by atoms with Crippen LogP contribution < -0.4 is 5.32 Å². The summed E-state index contributed by atoms with van der Waals surface area (Å²) in [6.45, 7) is 4.93. The first-order valence-electron chi connectivity index (χ1n) is 6.96. The highest BCUT2D eigenvalue weighted by atomic mass is 79.9. The number of rotatable bonds is 2. The van der Waals surface area contributed by atoms with Crippen LogP contribution in [0.1, 0.15) is 25.8 Å². The van der Waals surface area contributed by atoms with Gasteiger partial charge >= 0.3 is 6.18 Å². The second-order valence-electron chi connectivity index (χ2n) is 6.38. The van der Waals surface area contributed by atoms with Crippen molar-refractivity contribution in [1.82, 2.24) is 0 Å². The molecule has 3 atom stereocenters. The fraction of sp³-hybridized carbons (Fsp3) is 0.600. The van der Waals surface area contributed by atoms with E-state index in [1.807, 2.05) is 0 Å². The highest BCUT2D eigenvalue weighted by Gasteiger charge is 2.59. The Hall–Kier alpha value is -0.750. The molecule has 0 bridgehead atoms. The molecule has 3 rings (SSSR count). The zero-order valence-electron chi connectivity index (χ0n) is 11.8. The van der Waals surface area contributed by atoms with Crippen molar-refractivity contribution >= 4 is 21.6 Å². The van der Waals surface area contributed by atoms with Crippen LogP contribution in [0.15, 0.2) is 22.7 Å². The maximum atomic E-state index is 12.8. The van der Waals surface area contributed by atoms with Crippen molar-refractivity contribution in [3.8, 4) is 0 Å². The standard InChI is InChI=1S/C15H17BrF3NO/c1-14(2)12(9-5-6-21-13(9)14)20-11-7-8(15(17,18)19)3-4-10(11)16/h3-4,7,9,12-13,20H,5-6H2,1-2H3. The third-order valence-electron chi connectivity index (χ3n) is 4.71. The summed E-state index contributed by atoms with van der Waals surface area (Å²) in [6, 6.07) is 3.83. The second-order valence-corrected chi connectivity index (χ2v) is 7.23. The zero-order valence-corrected chi connectivity index (χ0v) is 13.4. The van der Waals surface area contributed by atoms with Crippen molar-refractivity contribution in [3.05, 3.63) is 28.2 Å². The average molecular weight is 364 g/mol. The summed E-state index contributed by atoms with van der Waals surface area (Å²) in [5.74, 6) is 0.376. The minimum Gasteiger partial charge on any atom is -0.380 e. The number of alkyl halides is 3. The van der Waals surface area contributed by atoms with Gasteiger partial charge in [0.2, 0.25) is 0 Å². The van der Waals surface area contributed by atoms with Gasteiger partial charge in [-0.1, -0.05) is 13.8 Å². The van der Waals surface area contributed by atoms with Crippen molar-refractivity contribution in [1.29, 1.82) is 0 Å². The molecule has 0 aromatic heterocycles. The minimum atomic E-state index is -4.33. The number of hydrogen-bond acceptors (Lipinski definition) is 2. The van der Waals surface area contributed by atoms with Gasteiger partial charge in [-0.15, -0.1) is 0 Å². The first-order valence-corrected chi connectivity index (χ1v) is 7.75. The molecule has 1 saturated carbocycles. The Labute approximate surface area is 130 Å². The van der Waals surface area contributed by atoms with Crippen LogP contribution in [-0.2, 0) is 10.9 Å². The van der Waals surface area contributed by atoms with E-state index >= 15 is 0 Å². The largest absolute Gasteiger partial charge is 0.416 e. The van der Waals surface area contributed by atoms with Gasteiger partial charge < -0.3 is 10.1 Å². The molecule has 0 amide bonds. The quantitative estimate of drug-likeness (QED) is 0.822. The lowest BCUT2D eigenvalue weighted by molar-refractivity contribution is -0.137. The topological polar surface area (TPSA) is 21.3 Å². The van der Waals surface area contributed by atoms with E-state index in [4.69, 9.17) is 4.74 Å². The van der Waals surface area contributed by atoms with Crippen molar-refractivity contribution in [2.24, 2.45) is 11.3 Å². The maximum absolute atomic E-state index is 12.8. The summed E-state index contributed by atoms with van der Waals surface area (Å²) in [5.41, 5.74) is -0.215. The molecule has 1 aliphatic carbocycles. The van der Waals surface area contributed by atoms with Gasteiger partial charge in [0.25, 0.3) is 0 Å². The van der Waals surface area contributed by atoms with Crippen LogP contribution >= 0.6 is 15.9 Å². The summed E-state index contributed by atoms with van der Waals surface area (Å²) < 4.78 is 44.9. The normalized spacial score (nSPS) is 30.7. The number of halogens is 4. The van der Waals surface area contributed by atoms with E-state index in [0.29, 0.717) is 16.1 Å². The van der Waals surface area contributed by atoms with Crippen LogP contribution in [0.25, 0.3) is 0 Å². The molecule has 1 heterocycles. The highest BCUT2D eigenvalue weighted by Crippen LogP contribution is 2.53. The average Bonchev–Trinajstić information content (AvgIpc) is 2.83. The maximum Gasteiger partial charge on any atom is 0.416 e. The van der Waals surface area contributed by atoms with Gasteiger partial charge in [0.1, 0.15) is 0 Å². The van der Waals surface area contributed by atoms with Crippen LogP contribution in [0.2, 0.25) is 0 Å². The molecule has 0 radical (unpaired) electrons. The molecular weight excluding hydrogens is 347 g/mol. The fourth-order valence-electron chi connectivity index (χ4n) is 3.60. The summed E-state index contributed by atoms with van der Waals surface area (Å²) in [4.78, 5) is 0. The molecule has 1 aliphatic heterocycles. The molecule has 21 heavy (non-hydrogen) atoms. The highest BCUT2D eigenvalue weighted by molar-refractivity contribution is 9.10. The summed E-state index contributed by atoms with van der Waals surface area (Å²) in [6.07, 6.45) is -3.16. The van der Waals surface area contributed by atoms with Gasteiger partial charge in [-0.25, -0.2) is 0 Å². The van der Waals surface area contributed by atoms with Gasteiger partial charge in [-0.2, -0.15) is 13.2 Å². The molecule has 1 aromatic rings. The third-order valence-corrected chi connectivity index (χ3v) is 5.40. The Morgan fingerprint density at radius 3 is 2.71 bits per heavy atom. The van der Waals surface area contributed by atoms with Crippen molar-refractivity contribution < 1.29 is 17.9 Å². The second kappa shape index (κ2) is 4.88. The lowest BCUT2D eigenvalue weighted by Crippen LogP contribution is -2.63. The Bertz CT molecular complexity index is 558. The number of fused-ring (bicyclic) bond motifs is 1. The summed E-state index contributed by atoms with van der Waals surface area (Å²) in [5, 5.41) is 3.29. The summed E-state index contributed by atoms with van der Waals surface area (Å²) >= 11 is 3.33. The number of ether oxygens (including phenoxy) is 1. The molecule has 116 valence electrons. The first-order chi connectivity index (χ1) is 9.71. The molecule has 2 nitrogen and oxygen atoms in total. The number of hydrogen-bond donors (Lipinski definition) is 1. The zero-order chi connectivity index (χ0) is 15.4. The fourth-order valence-corrected chi connectivity index (χ4v) is 3.96. The van der Waals surface area contributed by atoms with Crippen molar-refractivity contribution in [3.63, 3.8) is 0 Å². The predicted octanol–water partition coefficient (Wildman–Crippen LogP) is 4.69. The van der Waals surface area contributed by atoms with E-state index in [-0.39, 0.29) is 17.6 Å². The van der Waals surface area contributed by atoms with Crippen LogP contribution in [0.5, 0.6) is 0 Å². The van der Waals surface area contributed by atoms with Crippen LogP contribution in [0.3, 0.4) is 0 Å². The molecule has 2 aliphatic rings. The van der Waals surface area contributed by atoms with E-state index < -0.39 is 11.7 Å². The van der Waals surface area contributed by atoms with Gasteiger partial charge in [-0.05, 0) is 40.5 Å². The van der Waals surface area contributed by atoms with Gasteiger partial charge in [-0.3, -0.25) is 0 Å². The van der Waals surface area contributed by atoms with E-state index in [2.05, 4.69) is 35.1 Å². The summed E-state index contributed by atoms with van der Waals surface area (Å²) in [7, 11) is 0. The lowest BCUT2D eigenvalue weighted by atomic mass is 9.57. The molecule has 6 heteroatoms. The molecule has 0 spiro atoms. The molecule has 3 unspecified atom stereocenters. The van der Waals surface area contributed by atoms with Crippen molar-refractivity contribution in [2.75, 3.05) is 11.9 Å².